The van der Waals surface area contributed by atoms with Crippen LogP contribution in [-0.4, -0.2) is 25.7 Å². The molecule has 0 radical (unpaired) electrons. The summed E-state index contributed by atoms with van der Waals surface area (Å²) >= 11 is 11.9. The van der Waals surface area contributed by atoms with Crippen LogP contribution in [0.1, 0.15) is 6.92 Å². The number of nitrogens with one attached hydrogen (secondary N) is 1. The average molecular weight is 282 g/mol. The van der Waals surface area contributed by atoms with E-state index in [1.807, 2.05) is 18.2 Å². The first-order valence-corrected chi connectivity index (χ1v) is 5.86. The van der Waals surface area contributed by atoms with Crippen molar-refractivity contribution in [3.05, 3.63) is 28.2 Å². The fourth-order valence-electron chi connectivity index (χ4n) is 1.89. The van der Waals surface area contributed by atoms with E-state index in [2.05, 4.69) is 17.1 Å². The van der Waals surface area contributed by atoms with E-state index in [-0.39, 0.29) is 12.4 Å². The Morgan fingerprint density at radius 3 is 2.69 bits per heavy atom. The number of benzene rings is 1. The van der Waals surface area contributed by atoms with Crippen molar-refractivity contribution in [1.29, 1.82) is 0 Å². The van der Waals surface area contributed by atoms with Crippen LogP contribution in [0.2, 0.25) is 10.0 Å². The molecule has 1 fully saturated rings. The highest BCUT2D eigenvalue weighted by molar-refractivity contribution is 6.42. The zero-order chi connectivity index (χ0) is 10.8. The first-order valence-electron chi connectivity index (χ1n) is 5.11. The zero-order valence-electron chi connectivity index (χ0n) is 9.04. The van der Waals surface area contributed by atoms with Gasteiger partial charge in [-0.1, -0.05) is 23.2 Å². The molecule has 5 heteroatoms. The summed E-state index contributed by atoms with van der Waals surface area (Å²) in [5, 5.41) is 4.60. The molecular weight excluding hydrogens is 266 g/mol. The Hall–Kier alpha value is -0.150. The van der Waals surface area contributed by atoms with Gasteiger partial charge in [0.25, 0.3) is 0 Å². The van der Waals surface area contributed by atoms with E-state index in [0.29, 0.717) is 16.1 Å². The van der Waals surface area contributed by atoms with Crippen molar-refractivity contribution in [2.75, 3.05) is 24.5 Å². The Kier molecular flexibility index (Phi) is 5.19. The van der Waals surface area contributed by atoms with Gasteiger partial charge in [-0.3, -0.25) is 0 Å². The smallest absolute Gasteiger partial charge is 0.0612 e. The normalized spacial score (nSPS) is 20.4. The van der Waals surface area contributed by atoms with Crippen LogP contribution in [-0.2, 0) is 0 Å². The van der Waals surface area contributed by atoms with Crippen LogP contribution in [0, 0.1) is 0 Å². The highest BCUT2D eigenvalue weighted by Gasteiger charge is 2.18. The van der Waals surface area contributed by atoms with E-state index < -0.39 is 0 Å². The second-order valence-electron chi connectivity index (χ2n) is 3.84. The monoisotopic (exact) mass is 280 g/mol. The number of hydrogen-bond donors (Lipinski definition) is 1. The van der Waals surface area contributed by atoms with Gasteiger partial charge in [-0.15, -0.1) is 12.4 Å². The second kappa shape index (κ2) is 5.97. The van der Waals surface area contributed by atoms with Gasteiger partial charge in [0.2, 0.25) is 0 Å². The second-order valence-corrected chi connectivity index (χ2v) is 4.66. The topological polar surface area (TPSA) is 15.3 Å². The van der Waals surface area contributed by atoms with Crippen molar-refractivity contribution in [1.82, 2.24) is 5.32 Å². The molecule has 1 N–H and O–H groups in total. The average Bonchev–Trinajstić information content (AvgIpc) is 2.23. The van der Waals surface area contributed by atoms with Crippen molar-refractivity contribution >= 4 is 41.3 Å². The Balaban J connectivity index is 0.00000128. The van der Waals surface area contributed by atoms with Gasteiger partial charge < -0.3 is 10.2 Å². The molecule has 0 aromatic heterocycles. The maximum absolute atomic E-state index is 6.01. The first-order chi connectivity index (χ1) is 7.18. The van der Waals surface area contributed by atoms with Crippen LogP contribution in [0.3, 0.4) is 0 Å². The number of rotatable bonds is 1. The number of hydrogen-bond acceptors (Lipinski definition) is 2. The van der Waals surface area contributed by atoms with Crippen LogP contribution in [0.15, 0.2) is 18.2 Å². The maximum Gasteiger partial charge on any atom is 0.0612 e. The molecule has 90 valence electrons. The van der Waals surface area contributed by atoms with Crippen molar-refractivity contribution in [2.45, 2.75) is 13.0 Å². The van der Waals surface area contributed by atoms with E-state index in [0.717, 1.165) is 25.3 Å². The Morgan fingerprint density at radius 1 is 1.31 bits per heavy atom. The summed E-state index contributed by atoms with van der Waals surface area (Å²) < 4.78 is 0. The summed E-state index contributed by atoms with van der Waals surface area (Å²) in [7, 11) is 0. The molecule has 1 saturated heterocycles. The molecule has 0 bridgehead atoms. The molecule has 0 aliphatic carbocycles. The van der Waals surface area contributed by atoms with E-state index in [1.165, 1.54) is 0 Å². The predicted molar refractivity (Wildman–Crippen MR) is 73.4 cm³/mol. The molecule has 1 atom stereocenters. The minimum absolute atomic E-state index is 0. The summed E-state index contributed by atoms with van der Waals surface area (Å²) in [6.07, 6.45) is 0. The number of nitrogens with zero attached hydrogens (tertiary/aromatic N) is 1. The molecule has 0 amide bonds. The molecule has 1 aromatic carbocycles. The lowest BCUT2D eigenvalue weighted by Crippen LogP contribution is -2.49. The third kappa shape index (κ3) is 2.95. The van der Waals surface area contributed by atoms with Gasteiger partial charge in [0.1, 0.15) is 0 Å². The molecule has 0 spiro atoms. The van der Waals surface area contributed by atoms with Crippen LogP contribution in [0.5, 0.6) is 0 Å². The molecule has 1 heterocycles. The molecular formula is C11H15Cl3N2. The summed E-state index contributed by atoms with van der Waals surface area (Å²) in [5.74, 6) is 0. The Bertz CT molecular complexity index is 357. The van der Waals surface area contributed by atoms with Crippen molar-refractivity contribution in [3.8, 4) is 0 Å². The molecule has 1 aliphatic rings. The number of piperazine rings is 1. The fourth-order valence-corrected chi connectivity index (χ4v) is 2.18. The number of halogens is 3. The minimum atomic E-state index is 0. The molecule has 2 rings (SSSR count). The van der Waals surface area contributed by atoms with Gasteiger partial charge >= 0.3 is 0 Å². The van der Waals surface area contributed by atoms with Gasteiger partial charge in [-0.25, -0.2) is 0 Å². The van der Waals surface area contributed by atoms with Gasteiger partial charge in [-0.2, -0.15) is 0 Å². The number of anilines is 1. The molecule has 1 aliphatic heterocycles. The van der Waals surface area contributed by atoms with Gasteiger partial charge in [0, 0.05) is 31.4 Å². The SMILES string of the molecule is C[C@@H]1CNCCN1c1ccc(Cl)c(Cl)c1.Cl. The van der Waals surface area contributed by atoms with Crippen molar-refractivity contribution in [3.63, 3.8) is 0 Å². The first kappa shape index (κ1) is 13.9. The van der Waals surface area contributed by atoms with E-state index >= 15 is 0 Å². The van der Waals surface area contributed by atoms with Gasteiger partial charge in [0.05, 0.1) is 10.0 Å². The van der Waals surface area contributed by atoms with E-state index in [9.17, 15) is 0 Å². The summed E-state index contributed by atoms with van der Waals surface area (Å²) in [6, 6.07) is 6.31. The van der Waals surface area contributed by atoms with E-state index in [4.69, 9.17) is 23.2 Å². The predicted octanol–water partition coefficient (Wildman–Crippen LogP) is 3.21. The summed E-state index contributed by atoms with van der Waals surface area (Å²) in [4.78, 5) is 2.35. The lowest BCUT2D eigenvalue weighted by molar-refractivity contribution is 0.501. The van der Waals surface area contributed by atoms with Crippen LogP contribution >= 0.6 is 35.6 Å². The van der Waals surface area contributed by atoms with Gasteiger partial charge in [-0.05, 0) is 25.1 Å². The maximum atomic E-state index is 6.01. The quantitative estimate of drug-likeness (QED) is 0.850. The Labute approximate surface area is 112 Å². The Morgan fingerprint density at radius 2 is 2.06 bits per heavy atom. The lowest BCUT2D eigenvalue weighted by atomic mass is 10.2. The molecule has 2 nitrogen and oxygen atoms in total. The lowest BCUT2D eigenvalue weighted by Gasteiger charge is -2.36. The van der Waals surface area contributed by atoms with Crippen molar-refractivity contribution in [2.24, 2.45) is 0 Å². The third-order valence-corrected chi connectivity index (χ3v) is 3.48. The standard InChI is InChI=1S/C11H14Cl2N2.ClH/c1-8-7-14-4-5-15(8)9-2-3-10(12)11(13)6-9;/h2-3,6,8,14H,4-5,7H2,1H3;1H/t8-;/m1./s1. The minimum Gasteiger partial charge on any atom is -0.366 e. The molecule has 0 unspecified atom stereocenters. The largest absolute Gasteiger partial charge is 0.366 e. The highest BCUT2D eigenvalue weighted by Crippen LogP contribution is 2.28. The van der Waals surface area contributed by atoms with Crippen LogP contribution < -0.4 is 10.2 Å². The van der Waals surface area contributed by atoms with Gasteiger partial charge in [0.15, 0.2) is 0 Å². The van der Waals surface area contributed by atoms with Crippen molar-refractivity contribution < 1.29 is 0 Å². The summed E-state index contributed by atoms with van der Waals surface area (Å²) in [6.45, 7) is 5.25. The van der Waals surface area contributed by atoms with E-state index in [1.54, 1.807) is 0 Å². The molecule has 16 heavy (non-hydrogen) atoms. The fraction of sp³-hybridized carbons (Fsp3) is 0.455. The molecule has 1 aromatic rings. The van der Waals surface area contributed by atoms with Crippen LogP contribution in [0.4, 0.5) is 5.69 Å². The highest BCUT2D eigenvalue weighted by atomic mass is 35.5. The zero-order valence-corrected chi connectivity index (χ0v) is 11.4. The summed E-state index contributed by atoms with van der Waals surface area (Å²) in [5.41, 5.74) is 1.15. The van der Waals surface area contributed by atoms with Crippen LogP contribution in [0.25, 0.3) is 0 Å². The third-order valence-electron chi connectivity index (χ3n) is 2.74. The molecule has 0 saturated carbocycles.